The molecule has 0 unspecified atom stereocenters. The number of hydrogen-bond acceptors (Lipinski definition) is 3. The molecule has 0 saturated carbocycles. The third-order valence-corrected chi connectivity index (χ3v) is 2.07. The van der Waals surface area contributed by atoms with Crippen LogP contribution >= 0.6 is 0 Å². The van der Waals surface area contributed by atoms with E-state index in [9.17, 15) is 4.79 Å². The van der Waals surface area contributed by atoms with Gasteiger partial charge in [-0.15, -0.1) is 0 Å². The van der Waals surface area contributed by atoms with E-state index in [1.807, 2.05) is 24.3 Å². The first-order chi connectivity index (χ1) is 6.81. The normalized spacial score (nSPS) is 10.0. The molecule has 0 aliphatic carbocycles. The van der Waals surface area contributed by atoms with E-state index in [-0.39, 0.29) is 0 Å². The van der Waals surface area contributed by atoms with Gasteiger partial charge < -0.3 is 10.5 Å². The highest BCUT2D eigenvalue weighted by molar-refractivity contribution is 5.93. The molecule has 0 aliphatic heterocycles. The van der Waals surface area contributed by atoms with E-state index in [0.717, 1.165) is 16.5 Å². The maximum atomic E-state index is 10.1. The van der Waals surface area contributed by atoms with Crippen LogP contribution in [-0.4, -0.2) is 6.47 Å². The fourth-order valence-electron chi connectivity index (χ4n) is 1.42. The first kappa shape index (κ1) is 8.56. The number of fused-ring (bicyclic) bond motifs is 1. The molecule has 2 rings (SSSR count). The highest BCUT2D eigenvalue weighted by Crippen LogP contribution is 2.24. The summed E-state index contributed by atoms with van der Waals surface area (Å²) in [5.74, 6) is 0.526. The van der Waals surface area contributed by atoms with Crippen molar-refractivity contribution in [3.05, 3.63) is 36.4 Å². The number of nitrogens with two attached hydrogens (primary N) is 1. The molecule has 70 valence electrons. The van der Waals surface area contributed by atoms with Crippen molar-refractivity contribution in [3.63, 3.8) is 0 Å². The molecular formula is C11H9NO2. The summed E-state index contributed by atoms with van der Waals surface area (Å²) in [7, 11) is 0. The number of carbonyl (C=O) groups excluding carboxylic acids is 1. The molecule has 0 amide bonds. The smallest absolute Gasteiger partial charge is 0.298 e. The molecule has 14 heavy (non-hydrogen) atoms. The van der Waals surface area contributed by atoms with Gasteiger partial charge in [0, 0.05) is 11.1 Å². The number of rotatable bonds is 2. The third kappa shape index (κ3) is 1.40. The Balaban J connectivity index is 2.61. The summed E-state index contributed by atoms with van der Waals surface area (Å²) in [4.78, 5) is 10.1. The van der Waals surface area contributed by atoms with Gasteiger partial charge in [0.25, 0.3) is 6.47 Å². The van der Waals surface area contributed by atoms with E-state index in [0.29, 0.717) is 12.2 Å². The Bertz CT molecular complexity index is 480. The van der Waals surface area contributed by atoms with Crippen LogP contribution in [-0.2, 0) is 4.79 Å². The van der Waals surface area contributed by atoms with Crippen LogP contribution in [0.15, 0.2) is 36.4 Å². The van der Waals surface area contributed by atoms with Crippen molar-refractivity contribution in [3.8, 4) is 5.75 Å². The predicted molar refractivity (Wildman–Crippen MR) is 55.1 cm³/mol. The Hall–Kier alpha value is -2.03. The van der Waals surface area contributed by atoms with Gasteiger partial charge in [0.2, 0.25) is 0 Å². The zero-order chi connectivity index (χ0) is 9.97. The molecule has 2 N–H and O–H groups in total. The van der Waals surface area contributed by atoms with Crippen molar-refractivity contribution in [2.24, 2.45) is 0 Å². The van der Waals surface area contributed by atoms with Gasteiger partial charge in [-0.25, -0.2) is 0 Å². The molecule has 2 aromatic rings. The lowest BCUT2D eigenvalue weighted by molar-refractivity contribution is -0.120. The summed E-state index contributed by atoms with van der Waals surface area (Å²) in [5, 5.41) is 1.93. The lowest BCUT2D eigenvalue weighted by Crippen LogP contribution is -1.90. The summed E-state index contributed by atoms with van der Waals surface area (Å²) in [6.45, 7) is 0.410. The molecule has 0 saturated heterocycles. The SMILES string of the molecule is Nc1cccc2cc(OC=O)ccc12. The summed E-state index contributed by atoms with van der Waals surface area (Å²) in [5.41, 5.74) is 6.49. The van der Waals surface area contributed by atoms with E-state index < -0.39 is 0 Å². The second-order valence-electron chi connectivity index (χ2n) is 2.94. The lowest BCUT2D eigenvalue weighted by Gasteiger charge is -2.03. The molecule has 0 heterocycles. The average molecular weight is 187 g/mol. The van der Waals surface area contributed by atoms with E-state index in [1.54, 1.807) is 12.1 Å². The number of carbonyl (C=O) groups is 1. The molecule has 0 spiro atoms. The largest absolute Gasteiger partial charge is 0.429 e. The van der Waals surface area contributed by atoms with Crippen LogP contribution < -0.4 is 10.5 Å². The Morgan fingerprint density at radius 2 is 2.07 bits per heavy atom. The number of anilines is 1. The standard InChI is InChI=1S/C11H9NO2/c12-11-3-1-2-8-6-9(14-7-13)4-5-10(8)11/h1-7H,12H2. The van der Waals surface area contributed by atoms with Gasteiger partial charge >= 0.3 is 0 Å². The summed E-state index contributed by atoms with van der Waals surface area (Å²) in [6, 6.07) is 10.9. The molecule has 0 radical (unpaired) electrons. The van der Waals surface area contributed by atoms with E-state index in [4.69, 9.17) is 10.5 Å². The molecule has 2 aromatic carbocycles. The highest BCUT2D eigenvalue weighted by Gasteiger charge is 1.99. The molecule has 3 heteroatoms. The van der Waals surface area contributed by atoms with Gasteiger partial charge in [-0.05, 0) is 29.7 Å². The van der Waals surface area contributed by atoms with Crippen molar-refractivity contribution in [1.82, 2.24) is 0 Å². The van der Waals surface area contributed by atoms with Crippen LogP contribution in [0, 0.1) is 0 Å². The molecular weight excluding hydrogens is 178 g/mol. The van der Waals surface area contributed by atoms with E-state index >= 15 is 0 Å². The molecule has 0 fully saturated rings. The topological polar surface area (TPSA) is 52.3 Å². The van der Waals surface area contributed by atoms with Gasteiger partial charge in [-0.3, -0.25) is 4.79 Å². The Morgan fingerprint density at radius 1 is 1.21 bits per heavy atom. The zero-order valence-corrected chi connectivity index (χ0v) is 7.44. The first-order valence-corrected chi connectivity index (χ1v) is 4.20. The van der Waals surface area contributed by atoms with Gasteiger partial charge in [0.15, 0.2) is 0 Å². The molecule has 3 nitrogen and oxygen atoms in total. The minimum Gasteiger partial charge on any atom is -0.429 e. The minimum absolute atomic E-state index is 0.410. The van der Waals surface area contributed by atoms with E-state index in [2.05, 4.69) is 0 Å². The number of ether oxygens (including phenoxy) is 1. The summed E-state index contributed by atoms with van der Waals surface area (Å²) >= 11 is 0. The minimum atomic E-state index is 0.410. The van der Waals surface area contributed by atoms with Crippen molar-refractivity contribution in [2.75, 3.05) is 5.73 Å². The predicted octanol–water partition coefficient (Wildman–Crippen LogP) is 1.96. The Kier molecular flexibility index (Phi) is 2.07. The first-order valence-electron chi connectivity index (χ1n) is 4.20. The van der Waals surface area contributed by atoms with Crippen LogP contribution in [0.25, 0.3) is 10.8 Å². The van der Waals surface area contributed by atoms with Crippen LogP contribution in [0.3, 0.4) is 0 Å². The molecule has 0 aliphatic rings. The van der Waals surface area contributed by atoms with E-state index in [1.165, 1.54) is 0 Å². The molecule has 0 aromatic heterocycles. The maximum Gasteiger partial charge on any atom is 0.298 e. The number of hydrogen-bond donors (Lipinski definition) is 1. The van der Waals surface area contributed by atoms with Crippen molar-refractivity contribution >= 4 is 22.9 Å². The average Bonchev–Trinajstić information content (AvgIpc) is 2.18. The summed E-state index contributed by atoms with van der Waals surface area (Å²) < 4.78 is 4.73. The van der Waals surface area contributed by atoms with Crippen LogP contribution in [0.5, 0.6) is 5.75 Å². The Labute approximate surface area is 81.1 Å². The van der Waals surface area contributed by atoms with Gasteiger partial charge in [-0.1, -0.05) is 12.1 Å². The molecule has 0 atom stereocenters. The second-order valence-corrected chi connectivity index (χ2v) is 2.94. The van der Waals surface area contributed by atoms with Gasteiger partial charge in [0.1, 0.15) is 5.75 Å². The monoisotopic (exact) mass is 187 g/mol. The Morgan fingerprint density at radius 3 is 2.86 bits per heavy atom. The second kappa shape index (κ2) is 3.38. The van der Waals surface area contributed by atoms with Crippen LogP contribution in [0.1, 0.15) is 0 Å². The van der Waals surface area contributed by atoms with Crippen LogP contribution in [0.2, 0.25) is 0 Å². The number of nitrogen functional groups attached to an aromatic ring is 1. The lowest BCUT2D eigenvalue weighted by atomic mass is 10.1. The highest BCUT2D eigenvalue weighted by atomic mass is 16.5. The fraction of sp³-hybridized carbons (Fsp3) is 0. The van der Waals surface area contributed by atoms with Crippen molar-refractivity contribution in [2.45, 2.75) is 0 Å². The van der Waals surface area contributed by atoms with Crippen molar-refractivity contribution in [1.29, 1.82) is 0 Å². The number of benzene rings is 2. The molecule has 0 bridgehead atoms. The zero-order valence-electron chi connectivity index (χ0n) is 7.44. The van der Waals surface area contributed by atoms with Gasteiger partial charge in [-0.2, -0.15) is 0 Å². The maximum absolute atomic E-state index is 10.1. The summed E-state index contributed by atoms with van der Waals surface area (Å²) in [6.07, 6.45) is 0. The quantitative estimate of drug-likeness (QED) is 0.577. The van der Waals surface area contributed by atoms with Crippen LogP contribution in [0.4, 0.5) is 5.69 Å². The van der Waals surface area contributed by atoms with Crippen molar-refractivity contribution < 1.29 is 9.53 Å². The van der Waals surface area contributed by atoms with Gasteiger partial charge in [0.05, 0.1) is 0 Å². The fourth-order valence-corrected chi connectivity index (χ4v) is 1.42. The third-order valence-electron chi connectivity index (χ3n) is 2.07.